The maximum atomic E-state index is 5.86. The van der Waals surface area contributed by atoms with Crippen LogP contribution >= 0.6 is 23.1 Å². The molecule has 0 aliphatic heterocycles. The summed E-state index contributed by atoms with van der Waals surface area (Å²) in [5, 5.41) is 3.02. The van der Waals surface area contributed by atoms with Crippen molar-refractivity contribution in [1.29, 1.82) is 0 Å². The highest BCUT2D eigenvalue weighted by Crippen LogP contribution is 2.33. The van der Waals surface area contributed by atoms with E-state index in [4.69, 9.17) is 5.73 Å². The summed E-state index contributed by atoms with van der Waals surface area (Å²) in [6, 6.07) is 4.12. The number of hydrogen-bond acceptors (Lipinski definition) is 5. The van der Waals surface area contributed by atoms with Crippen LogP contribution in [0.3, 0.4) is 0 Å². The predicted octanol–water partition coefficient (Wildman–Crippen LogP) is 3.14. The number of anilines is 1. The second kappa shape index (κ2) is 4.84. The molecule has 2 aromatic rings. The SMILES string of the molecule is CCc1nc(N)c(C)c(Sc2cccs2)n1. The molecule has 2 heterocycles. The number of hydrogen-bond donors (Lipinski definition) is 1. The molecule has 0 bridgehead atoms. The molecular weight excluding hydrogens is 238 g/mol. The third-order valence-corrected chi connectivity index (χ3v) is 4.32. The Hall–Kier alpha value is -1.07. The van der Waals surface area contributed by atoms with Gasteiger partial charge >= 0.3 is 0 Å². The second-order valence-electron chi connectivity index (χ2n) is 3.34. The Morgan fingerprint density at radius 1 is 1.44 bits per heavy atom. The lowest BCUT2D eigenvalue weighted by molar-refractivity contribution is 0.879. The van der Waals surface area contributed by atoms with Crippen LogP contribution < -0.4 is 5.73 Å². The van der Waals surface area contributed by atoms with Gasteiger partial charge in [0.25, 0.3) is 0 Å². The van der Waals surface area contributed by atoms with Crippen LogP contribution in [-0.2, 0) is 6.42 Å². The van der Waals surface area contributed by atoms with E-state index in [0.717, 1.165) is 22.8 Å². The van der Waals surface area contributed by atoms with E-state index in [0.29, 0.717) is 5.82 Å². The molecule has 84 valence electrons. The number of aromatic nitrogens is 2. The Morgan fingerprint density at radius 3 is 2.88 bits per heavy atom. The Morgan fingerprint density at radius 2 is 2.25 bits per heavy atom. The van der Waals surface area contributed by atoms with Gasteiger partial charge in [0.15, 0.2) is 0 Å². The fourth-order valence-corrected chi connectivity index (χ4v) is 3.02. The maximum absolute atomic E-state index is 5.86. The van der Waals surface area contributed by atoms with Crippen molar-refractivity contribution >= 4 is 28.9 Å². The molecule has 2 N–H and O–H groups in total. The standard InChI is InChI=1S/C11H13N3S2/c1-3-8-13-10(12)7(2)11(14-8)16-9-5-4-6-15-9/h4-6H,3H2,1-2H3,(H2,12,13,14). The molecule has 0 amide bonds. The summed E-state index contributed by atoms with van der Waals surface area (Å²) in [4.78, 5) is 8.74. The zero-order chi connectivity index (χ0) is 11.5. The average Bonchev–Trinajstić information content (AvgIpc) is 2.77. The quantitative estimate of drug-likeness (QED) is 0.851. The molecule has 0 saturated carbocycles. The third kappa shape index (κ3) is 2.36. The zero-order valence-corrected chi connectivity index (χ0v) is 10.9. The molecule has 0 aliphatic carbocycles. The molecule has 0 atom stereocenters. The van der Waals surface area contributed by atoms with Gasteiger partial charge in [0, 0.05) is 12.0 Å². The van der Waals surface area contributed by atoms with Gasteiger partial charge in [-0.25, -0.2) is 9.97 Å². The fraction of sp³-hybridized carbons (Fsp3) is 0.273. The van der Waals surface area contributed by atoms with E-state index in [1.54, 1.807) is 23.1 Å². The van der Waals surface area contributed by atoms with Crippen molar-refractivity contribution < 1.29 is 0 Å². The molecule has 0 unspecified atom stereocenters. The van der Waals surface area contributed by atoms with Crippen molar-refractivity contribution in [2.24, 2.45) is 0 Å². The first-order valence-corrected chi connectivity index (χ1v) is 6.74. The minimum atomic E-state index is 0.589. The van der Waals surface area contributed by atoms with E-state index in [2.05, 4.69) is 21.4 Å². The molecule has 0 aromatic carbocycles. The summed E-state index contributed by atoms with van der Waals surface area (Å²) in [7, 11) is 0. The number of thiophene rings is 1. The van der Waals surface area contributed by atoms with Crippen LogP contribution in [0.4, 0.5) is 5.82 Å². The van der Waals surface area contributed by atoms with Gasteiger partial charge < -0.3 is 5.73 Å². The summed E-state index contributed by atoms with van der Waals surface area (Å²) in [5.41, 5.74) is 6.83. The lowest BCUT2D eigenvalue weighted by atomic mass is 10.3. The van der Waals surface area contributed by atoms with E-state index in [9.17, 15) is 0 Å². The van der Waals surface area contributed by atoms with E-state index < -0.39 is 0 Å². The molecule has 2 aromatic heterocycles. The number of nitrogen functional groups attached to an aromatic ring is 1. The first kappa shape index (κ1) is 11.4. The Labute approximate surface area is 103 Å². The van der Waals surface area contributed by atoms with Crippen LogP contribution in [0.1, 0.15) is 18.3 Å². The topological polar surface area (TPSA) is 51.8 Å². The molecule has 16 heavy (non-hydrogen) atoms. The third-order valence-electron chi connectivity index (χ3n) is 2.19. The van der Waals surface area contributed by atoms with Crippen LogP contribution in [0.25, 0.3) is 0 Å². The molecule has 2 rings (SSSR count). The van der Waals surface area contributed by atoms with Gasteiger partial charge in [-0.1, -0.05) is 24.8 Å². The highest BCUT2D eigenvalue weighted by atomic mass is 32.2. The van der Waals surface area contributed by atoms with Gasteiger partial charge in [-0.05, 0) is 18.4 Å². The Kier molecular flexibility index (Phi) is 3.46. The molecule has 0 aliphatic rings. The Balaban J connectivity index is 2.36. The summed E-state index contributed by atoms with van der Waals surface area (Å²) >= 11 is 3.36. The summed E-state index contributed by atoms with van der Waals surface area (Å²) in [6.45, 7) is 3.99. The predicted molar refractivity (Wildman–Crippen MR) is 69.0 cm³/mol. The summed E-state index contributed by atoms with van der Waals surface area (Å²) in [5.74, 6) is 1.40. The minimum absolute atomic E-state index is 0.589. The number of aryl methyl sites for hydroxylation is 1. The summed E-state index contributed by atoms with van der Waals surface area (Å²) in [6.07, 6.45) is 0.808. The molecule has 0 fully saturated rings. The molecular formula is C11H13N3S2. The van der Waals surface area contributed by atoms with Crippen molar-refractivity contribution in [3.8, 4) is 0 Å². The lowest BCUT2D eigenvalue weighted by Crippen LogP contribution is -2.03. The van der Waals surface area contributed by atoms with Gasteiger partial charge in [-0.3, -0.25) is 0 Å². The number of rotatable bonds is 3. The first-order chi connectivity index (χ1) is 7.70. The molecule has 0 spiro atoms. The Bertz CT molecular complexity index is 480. The zero-order valence-electron chi connectivity index (χ0n) is 9.23. The minimum Gasteiger partial charge on any atom is -0.383 e. The van der Waals surface area contributed by atoms with Crippen LogP contribution in [0.2, 0.25) is 0 Å². The van der Waals surface area contributed by atoms with Gasteiger partial charge in [0.2, 0.25) is 0 Å². The average molecular weight is 251 g/mol. The van der Waals surface area contributed by atoms with Crippen LogP contribution in [0.5, 0.6) is 0 Å². The van der Waals surface area contributed by atoms with E-state index in [-0.39, 0.29) is 0 Å². The highest BCUT2D eigenvalue weighted by Gasteiger charge is 2.09. The smallest absolute Gasteiger partial charge is 0.131 e. The van der Waals surface area contributed by atoms with Crippen molar-refractivity contribution in [3.63, 3.8) is 0 Å². The van der Waals surface area contributed by atoms with Crippen LogP contribution in [0.15, 0.2) is 26.7 Å². The van der Waals surface area contributed by atoms with Crippen molar-refractivity contribution in [3.05, 3.63) is 28.9 Å². The largest absolute Gasteiger partial charge is 0.383 e. The second-order valence-corrected chi connectivity index (χ2v) is 5.58. The number of nitrogens with zero attached hydrogens (tertiary/aromatic N) is 2. The lowest BCUT2D eigenvalue weighted by Gasteiger charge is -2.07. The van der Waals surface area contributed by atoms with E-state index in [1.165, 1.54) is 4.21 Å². The molecule has 5 heteroatoms. The van der Waals surface area contributed by atoms with Crippen molar-refractivity contribution in [2.75, 3.05) is 5.73 Å². The normalized spacial score (nSPS) is 10.6. The van der Waals surface area contributed by atoms with Gasteiger partial charge in [-0.15, -0.1) is 11.3 Å². The van der Waals surface area contributed by atoms with Gasteiger partial charge in [0.05, 0.1) is 4.21 Å². The fourth-order valence-electron chi connectivity index (χ4n) is 1.23. The van der Waals surface area contributed by atoms with Gasteiger partial charge in [0.1, 0.15) is 16.7 Å². The van der Waals surface area contributed by atoms with Crippen molar-refractivity contribution in [1.82, 2.24) is 9.97 Å². The number of nitrogens with two attached hydrogens (primary N) is 1. The molecule has 3 nitrogen and oxygen atoms in total. The summed E-state index contributed by atoms with van der Waals surface area (Å²) < 4.78 is 1.23. The molecule has 0 radical (unpaired) electrons. The first-order valence-electron chi connectivity index (χ1n) is 5.05. The van der Waals surface area contributed by atoms with Crippen LogP contribution in [-0.4, -0.2) is 9.97 Å². The highest BCUT2D eigenvalue weighted by molar-refractivity contribution is 8.01. The van der Waals surface area contributed by atoms with E-state index >= 15 is 0 Å². The van der Waals surface area contributed by atoms with Crippen molar-refractivity contribution in [2.45, 2.75) is 29.5 Å². The van der Waals surface area contributed by atoms with Crippen LogP contribution in [0, 0.1) is 6.92 Å². The van der Waals surface area contributed by atoms with E-state index in [1.807, 2.05) is 19.9 Å². The monoisotopic (exact) mass is 251 g/mol. The van der Waals surface area contributed by atoms with Gasteiger partial charge in [-0.2, -0.15) is 0 Å². The maximum Gasteiger partial charge on any atom is 0.131 e. The molecule has 0 saturated heterocycles.